The van der Waals surface area contributed by atoms with Crippen LogP contribution in [0.15, 0.2) is 10.5 Å². The van der Waals surface area contributed by atoms with Crippen molar-refractivity contribution in [2.75, 3.05) is 13.7 Å². The molecule has 4 radical (unpaired) electrons. The van der Waals surface area contributed by atoms with Crippen molar-refractivity contribution in [3.63, 3.8) is 0 Å². The van der Waals surface area contributed by atoms with Gasteiger partial charge in [0.25, 0.3) is 0 Å². The monoisotopic (exact) mass is 289 g/mol. The molecule has 0 fully saturated rings. The van der Waals surface area contributed by atoms with Crippen LogP contribution in [0, 0.1) is 11.3 Å². The second-order valence-corrected chi connectivity index (χ2v) is 3.86. The van der Waals surface area contributed by atoms with Crippen LogP contribution in [-0.2, 0) is 4.74 Å². The molecule has 0 amide bonds. The molecule has 0 atom stereocenters. The summed E-state index contributed by atoms with van der Waals surface area (Å²) in [5, 5.41) is 8.46. The molecule has 0 aliphatic carbocycles. The molecule has 0 aromatic heterocycles. The Morgan fingerprint density at radius 3 is 2.71 bits per heavy atom. The lowest BCUT2D eigenvalue weighted by Gasteiger charge is -2.15. The molecular weight excluding hydrogens is 284 g/mol. The molecule has 0 aliphatic heterocycles. The van der Waals surface area contributed by atoms with Crippen LogP contribution in [0.4, 0.5) is 0 Å². The summed E-state index contributed by atoms with van der Waals surface area (Å²) < 4.78 is 10.1. The number of hydrogen-bond donors (Lipinski definition) is 0. The maximum absolute atomic E-state index is 11.5. The second-order valence-electron chi connectivity index (χ2n) is 3.00. The lowest BCUT2D eigenvalue weighted by molar-refractivity contribution is 0.0597. The predicted octanol–water partition coefficient (Wildman–Crippen LogP) is -0.274. The molecule has 82 valence electrons. The highest BCUT2D eigenvalue weighted by molar-refractivity contribution is 9.10. The largest absolute Gasteiger partial charge is 0.478 e. The van der Waals surface area contributed by atoms with Crippen LogP contribution < -0.4 is 15.7 Å². The third-order valence-electron chi connectivity index (χ3n) is 1.99. The number of ether oxygens (including phenoxy) is 2. The molecule has 17 heavy (non-hydrogen) atoms. The minimum Gasteiger partial charge on any atom is -0.478 e. The topological polar surface area (TPSA) is 59.3 Å². The van der Waals surface area contributed by atoms with Crippen molar-refractivity contribution in [2.24, 2.45) is 0 Å². The summed E-state index contributed by atoms with van der Waals surface area (Å²) in [5.74, 6) is -0.565. The van der Waals surface area contributed by atoms with Gasteiger partial charge in [-0.05, 0) is 6.07 Å². The van der Waals surface area contributed by atoms with Crippen molar-refractivity contribution >= 4 is 48.5 Å². The zero-order chi connectivity index (χ0) is 13.0. The van der Waals surface area contributed by atoms with Crippen molar-refractivity contribution in [3.05, 3.63) is 16.1 Å². The van der Waals surface area contributed by atoms with Gasteiger partial charge in [-0.1, -0.05) is 26.9 Å². The quantitative estimate of drug-likeness (QED) is 0.567. The number of carbonyl (C=O) groups excluding carboxylic acids is 1. The molecule has 1 aromatic rings. The Bertz CT molecular complexity index is 499. The van der Waals surface area contributed by atoms with E-state index in [-0.39, 0.29) is 28.8 Å². The molecule has 0 unspecified atom stereocenters. The zero-order valence-electron chi connectivity index (χ0n) is 8.99. The number of esters is 1. The van der Waals surface area contributed by atoms with Crippen LogP contribution in [0.5, 0.6) is 5.75 Å². The van der Waals surface area contributed by atoms with Crippen LogP contribution in [0.1, 0.15) is 10.4 Å². The molecule has 1 rings (SSSR count). The highest BCUT2D eigenvalue weighted by Gasteiger charge is 2.18. The fraction of sp³-hybridized carbons (Fsp3) is 0.200. The average Bonchev–Trinajstić information content (AvgIpc) is 2.33. The first kappa shape index (κ1) is 13.7. The van der Waals surface area contributed by atoms with Crippen molar-refractivity contribution in [1.29, 1.82) is 5.26 Å². The lowest BCUT2D eigenvalue weighted by Crippen LogP contribution is -2.31. The van der Waals surface area contributed by atoms with E-state index in [1.807, 2.05) is 0 Å². The van der Waals surface area contributed by atoms with Gasteiger partial charge in [0.1, 0.15) is 33.1 Å². The van der Waals surface area contributed by atoms with Crippen molar-refractivity contribution in [2.45, 2.75) is 0 Å². The van der Waals surface area contributed by atoms with Gasteiger partial charge >= 0.3 is 5.97 Å². The van der Waals surface area contributed by atoms with E-state index in [2.05, 4.69) is 20.7 Å². The molecule has 0 saturated carbocycles. The Labute approximate surface area is 110 Å². The van der Waals surface area contributed by atoms with Gasteiger partial charge in [-0.3, -0.25) is 0 Å². The Balaban J connectivity index is 3.36. The minimum atomic E-state index is -0.620. The van der Waals surface area contributed by atoms with Crippen LogP contribution in [-0.4, -0.2) is 35.4 Å². The normalized spacial score (nSPS) is 9.47. The molecular formula is C10H6B2BrNO3. The molecule has 0 N–H and O–H groups in total. The summed E-state index contributed by atoms with van der Waals surface area (Å²) in [6.07, 6.45) is 0. The van der Waals surface area contributed by atoms with Gasteiger partial charge in [0.15, 0.2) is 6.61 Å². The molecule has 7 heteroatoms. The SMILES string of the molecule is [B]c1c(Br)cc(C(=O)OC)c(OCC#N)c1[B]. The summed E-state index contributed by atoms with van der Waals surface area (Å²) in [4.78, 5) is 11.5. The number of hydrogen-bond acceptors (Lipinski definition) is 4. The molecule has 0 bridgehead atoms. The first-order valence-electron chi connectivity index (χ1n) is 4.48. The zero-order valence-corrected chi connectivity index (χ0v) is 10.6. The highest BCUT2D eigenvalue weighted by atomic mass is 79.9. The van der Waals surface area contributed by atoms with Gasteiger partial charge < -0.3 is 9.47 Å². The van der Waals surface area contributed by atoms with Gasteiger partial charge in [0.05, 0.1) is 7.11 Å². The predicted molar refractivity (Wildman–Crippen MR) is 67.4 cm³/mol. The number of methoxy groups -OCH3 is 1. The van der Waals surface area contributed by atoms with Gasteiger partial charge in [0.2, 0.25) is 0 Å². The summed E-state index contributed by atoms with van der Waals surface area (Å²) in [6.45, 7) is -0.241. The van der Waals surface area contributed by atoms with E-state index >= 15 is 0 Å². The van der Waals surface area contributed by atoms with Crippen LogP contribution in [0.2, 0.25) is 0 Å². The maximum Gasteiger partial charge on any atom is 0.341 e. The van der Waals surface area contributed by atoms with Gasteiger partial charge in [-0.15, -0.1) is 0 Å². The Morgan fingerprint density at radius 1 is 1.53 bits per heavy atom. The third kappa shape index (κ3) is 2.83. The first-order valence-corrected chi connectivity index (χ1v) is 5.27. The number of nitriles is 1. The van der Waals surface area contributed by atoms with E-state index in [4.69, 9.17) is 25.7 Å². The molecule has 1 aromatic carbocycles. The van der Waals surface area contributed by atoms with E-state index < -0.39 is 5.97 Å². The van der Waals surface area contributed by atoms with E-state index in [0.717, 1.165) is 0 Å². The highest BCUT2D eigenvalue weighted by Crippen LogP contribution is 2.20. The van der Waals surface area contributed by atoms with Crippen LogP contribution >= 0.6 is 15.9 Å². The Morgan fingerprint density at radius 2 is 2.18 bits per heavy atom. The van der Waals surface area contributed by atoms with E-state index in [0.29, 0.717) is 4.47 Å². The molecule has 0 saturated heterocycles. The maximum atomic E-state index is 11.5. The van der Waals surface area contributed by atoms with E-state index in [1.165, 1.54) is 13.2 Å². The number of benzene rings is 1. The number of rotatable bonds is 3. The summed E-state index contributed by atoms with van der Waals surface area (Å²) in [5.41, 5.74) is 0.446. The van der Waals surface area contributed by atoms with Crippen LogP contribution in [0.3, 0.4) is 0 Å². The number of halogens is 1. The summed E-state index contributed by atoms with van der Waals surface area (Å²) in [7, 11) is 12.6. The summed E-state index contributed by atoms with van der Waals surface area (Å²) in [6, 6.07) is 3.21. The van der Waals surface area contributed by atoms with Crippen molar-refractivity contribution in [3.8, 4) is 11.8 Å². The average molecular weight is 290 g/mol. The number of carbonyl (C=O) groups is 1. The second kappa shape index (κ2) is 5.78. The van der Waals surface area contributed by atoms with Crippen molar-refractivity contribution < 1.29 is 14.3 Å². The van der Waals surface area contributed by atoms with Gasteiger partial charge in [-0.25, -0.2) is 4.79 Å². The third-order valence-corrected chi connectivity index (χ3v) is 2.65. The van der Waals surface area contributed by atoms with E-state index in [1.54, 1.807) is 6.07 Å². The standard InChI is InChI=1S/C10H6B2BrNO3/c1-16-10(15)5-4-6(13)7(11)8(12)9(5)17-3-2-14/h4H,3H2,1H3. The summed E-state index contributed by atoms with van der Waals surface area (Å²) >= 11 is 3.16. The number of nitrogens with zero attached hydrogens (tertiary/aromatic N) is 1. The van der Waals surface area contributed by atoms with Gasteiger partial charge in [-0.2, -0.15) is 5.26 Å². The minimum absolute atomic E-state index is 0.0547. The first-order chi connectivity index (χ1) is 8.02. The molecule has 4 nitrogen and oxygen atoms in total. The molecule has 0 aliphatic rings. The Hall–Kier alpha value is -1.41. The van der Waals surface area contributed by atoms with Crippen molar-refractivity contribution in [1.82, 2.24) is 0 Å². The fourth-order valence-electron chi connectivity index (χ4n) is 1.19. The van der Waals surface area contributed by atoms with E-state index in [9.17, 15) is 4.79 Å². The molecule has 0 spiro atoms. The lowest BCUT2D eigenvalue weighted by atomic mass is 9.79. The molecule has 0 heterocycles. The Kier molecular flexibility index (Phi) is 4.64. The fourth-order valence-corrected chi connectivity index (χ4v) is 1.63. The van der Waals surface area contributed by atoms with Gasteiger partial charge in [0, 0.05) is 4.47 Å². The van der Waals surface area contributed by atoms with Crippen LogP contribution in [0.25, 0.3) is 0 Å². The smallest absolute Gasteiger partial charge is 0.341 e.